The molecule has 1 N–H and O–H groups in total. The van der Waals surface area contributed by atoms with E-state index >= 15 is 0 Å². The van der Waals surface area contributed by atoms with Crippen LogP contribution in [0.25, 0.3) is 0 Å². The Hall–Kier alpha value is -1.69. The Kier molecular flexibility index (Phi) is 2.05. The summed E-state index contributed by atoms with van der Waals surface area (Å²) in [6, 6.07) is 4.36. The van der Waals surface area contributed by atoms with Gasteiger partial charge in [0.1, 0.15) is 17.3 Å². The Bertz CT molecular complexity index is 419. The summed E-state index contributed by atoms with van der Waals surface area (Å²) < 4.78 is 5.24. The average Bonchev–Trinajstić information content (AvgIpc) is 2.16. The Morgan fingerprint density at radius 2 is 2.36 bits per heavy atom. The van der Waals surface area contributed by atoms with Crippen molar-refractivity contribution in [3.8, 4) is 5.75 Å². The lowest BCUT2D eigenvalue weighted by molar-refractivity contribution is -0.384. The minimum Gasteiger partial charge on any atom is -0.484 e. The molecule has 1 heterocycles. The molecule has 0 atom stereocenters. The minimum atomic E-state index is -0.459. The molecule has 14 heavy (non-hydrogen) atoms. The second-order valence-electron chi connectivity index (χ2n) is 2.77. The van der Waals surface area contributed by atoms with Crippen molar-refractivity contribution in [2.75, 3.05) is 11.9 Å². The molecule has 0 aliphatic carbocycles. The van der Waals surface area contributed by atoms with Crippen LogP contribution in [0.5, 0.6) is 5.75 Å². The number of nitro groups is 1. The molecule has 0 radical (unpaired) electrons. The van der Waals surface area contributed by atoms with Gasteiger partial charge in [-0.15, -0.1) is 0 Å². The lowest BCUT2D eigenvalue weighted by Gasteiger charge is -2.18. The number of hydrogen-bond donors (Lipinski definition) is 1. The van der Waals surface area contributed by atoms with Crippen molar-refractivity contribution in [2.24, 2.45) is 0 Å². The van der Waals surface area contributed by atoms with Gasteiger partial charge in [-0.25, -0.2) is 0 Å². The molecule has 1 aromatic carbocycles. The molecule has 0 unspecified atom stereocenters. The van der Waals surface area contributed by atoms with Crippen molar-refractivity contribution in [2.45, 2.75) is 0 Å². The smallest absolute Gasteiger partial charge is 0.271 e. The highest BCUT2D eigenvalue weighted by molar-refractivity contribution is 7.80. The van der Waals surface area contributed by atoms with Gasteiger partial charge in [-0.2, -0.15) is 0 Å². The SMILES string of the molecule is O=[N+]([O-])c1ccc2c(c1)NC(=S)CO2. The van der Waals surface area contributed by atoms with Crippen LogP contribution in [0.3, 0.4) is 0 Å². The van der Waals surface area contributed by atoms with E-state index in [0.717, 1.165) is 0 Å². The fourth-order valence-corrected chi connectivity index (χ4v) is 1.35. The lowest BCUT2D eigenvalue weighted by Crippen LogP contribution is -2.23. The van der Waals surface area contributed by atoms with E-state index in [9.17, 15) is 10.1 Å². The van der Waals surface area contributed by atoms with Crippen LogP contribution in [-0.2, 0) is 0 Å². The largest absolute Gasteiger partial charge is 0.484 e. The molecule has 0 amide bonds. The number of hydrogen-bond acceptors (Lipinski definition) is 4. The normalized spacial score (nSPS) is 13.9. The van der Waals surface area contributed by atoms with Crippen molar-refractivity contribution in [1.82, 2.24) is 0 Å². The van der Waals surface area contributed by atoms with Crippen molar-refractivity contribution >= 4 is 28.6 Å². The summed E-state index contributed by atoms with van der Waals surface area (Å²) in [5.74, 6) is 0.587. The zero-order valence-electron chi connectivity index (χ0n) is 7.02. The predicted molar refractivity (Wildman–Crippen MR) is 54.8 cm³/mol. The van der Waals surface area contributed by atoms with Crippen molar-refractivity contribution in [3.63, 3.8) is 0 Å². The van der Waals surface area contributed by atoms with Crippen LogP contribution in [0.4, 0.5) is 11.4 Å². The molecule has 0 saturated heterocycles. The van der Waals surface area contributed by atoms with E-state index < -0.39 is 4.92 Å². The van der Waals surface area contributed by atoms with Crippen molar-refractivity contribution in [3.05, 3.63) is 28.3 Å². The van der Waals surface area contributed by atoms with Crippen LogP contribution in [0, 0.1) is 10.1 Å². The fraction of sp³-hybridized carbons (Fsp3) is 0.125. The van der Waals surface area contributed by atoms with Gasteiger partial charge >= 0.3 is 0 Å². The van der Waals surface area contributed by atoms with Crippen LogP contribution < -0.4 is 10.1 Å². The molecule has 5 nitrogen and oxygen atoms in total. The molecule has 0 bridgehead atoms. The Balaban J connectivity index is 2.42. The fourth-order valence-electron chi connectivity index (χ4n) is 1.18. The molecule has 1 aliphatic rings. The van der Waals surface area contributed by atoms with Gasteiger partial charge in [-0.3, -0.25) is 10.1 Å². The molecular formula is C8H6N2O3S. The zero-order chi connectivity index (χ0) is 10.1. The number of benzene rings is 1. The van der Waals surface area contributed by atoms with Crippen LogP contribution in [0.1, 0.15) is 0 Å². The van der Waals surface area contributed by atoms with E-state index in [4.69, 9.17) is 17.0 Å². The van der Waals surface area contributed by atoms with E-state index in [1.54, 1.807) is 6.07 Å². The standard InChI is InChI=1S/C8H6N2O3S/c11-10(12)5-1-2-7-6(3-5)9-8(14)4-13-7/h1-3H,4H2,(H,9,14). The quantitative estimate of drug-likeness (QED) is 0.434. The van der Waals surface area contributed by atoms with E-state index in [0.29, 0.717) is 23.0 Å². The van der Waals surface area contributed by atoms with Crippen LogP contribution in [0.2, 0.25) is 0 Å². The van der Waals surface area contributed by atoms with Crippen molar-refractivity contribution in [1.29, 1.82) is 0 Å². The first kappa shape index (κ1) is 8.89. The molecule has 72 valence electrons. The number of rotatable bonds is 1. The van der Waals surface area contributed by atoms with Gasteiger partial charge in [0.25, 0.3) is 5.69 Å². The lowest BCUT2D eigenvalue weighted by atomic mass is 10.2. The molecule has 0 aromatic heterocycles. The monoisotopic (exact) mass is 210 g/mol. The Labute approximate surface area is 84.8 Å². The number of ether oxygens (including phenoxy) is 1. The number of anilines is 1. The van der Waals surface area contributed by atoms with Gasteiger partial charge in [0.05, 0.1) is 10.6 Å². The van der Waals surface area contributed by atoms with Gasteiger partial charge in [0, 0.05) is 12.1 Å². The molecule has 0 saturated carbocycles. The summed E-state index contributed by atoms with van der Waals surface area (Å²) >= 11 is 4.88. The topological polar surface area (TPSA) is 64.4 Å². The second-order valence-corrected chi connectivity index (χ2v) is 3.27. The first-order valence-electron chi connectivity index (χ1n) is 3.88. The van der Waals surface area contributed by atoms with E-state index in [1.807, 2.05) is 0 Å². The predicted octanol–water partition coefficient (Wildman–Crippen LogP) is 1.73. The van der Waals surface area contributed by atoms with E-state index in [2.05, 4.69) is 5.32 Å². The maximum Gasteiger partial charge on any atom is 0.271 e. The first-order valence-corrected chi connectivity index (χ1v) is 4.29. The molecule has 1 aromatic rings. The third-order valence-electron chi connectivity index (χ3n) is 1.81. The van der Waals surface area contributed by atoms with Crippen LogP contribution >= 0.6 is 12.2 Å². The molecular weight excluding hydrogens is 204 g/mol. The third kappa shape index (κ3) is 1.51. The zero-order valence-corrected chi connectivity index (χ0v) is 7.84. The molecule has 6 heteroatoms. The molecule has 0 spiro atoms. The van der Waals surface area contributed by atoms with Gasteiger partial charge < -0.3 is 10.1 Å². The van der Waals surface area contributed by atoms with Crippen molar-refractivity contribution < 1.29 is 9.66 Å². The minimum absolute atomic E-state index is 0.0181. The highest BCUT2D eigenvalue weighted by Crippen LogP contribution is 2.31. The van der Waals surface area contributed by atoms with Gasteiger partial charge in [-0.1, -0.05) is 12.2 Å². The number of thiocarbonyl (C=S) groups is 1. The van der Waals surface area contributed by atoms with Gasteiger partial charge in [0.2, 0.25) is 0 Å². The Morgan fingerprint density at radius 3 is 3.07 bits per heavy atom. The number of fused-ring (bicyclic) bond motifs is 1. The summed E-state index contributed by atoms with van der Waals surface area (Å²) in [5, 5.41) is 13.3. The van der Waals surface area contributed by atoms with Crippen LogP contribution in [0.15, 0.2) is 18.2 Å². The summed E-state index contributed by atoms with van der Waals surface area (Å²) in [5.41, 5.74) is 0.569. The summed E-state index contributed by atoms with van der Waals surface area (Å²) in [6.07, 6.45) is 0. The first-order chi connectivity index (χ1) is 6.66. The average molecular weight is 210 g/mol. The molecule has 1 aliphatic heterocycles. The second kappa shape index (κ2) is 3.22. The number of nitro benzene ring substituents is 1. The van der Waals surface area contributed by atoms with Gasteiger partial charge in [0.15, 0.2) is 0 Å². The van der Waals surface area contributed by atoms with Gasteiger partial charge in [-0.05, 0) is 6.07 Å². The number of nitrogens with one attached hydrogen (secondary N) is 1. The summed E-state index contributed by atoms with van der Waals surface area (Å²) in [6.45, 7) is 0.320. The van der Waals surface area contributed by atoms with E-state index in [-0.39, 0.29) is 5.69 Å². The van der Waals surface area contributed by atoms with E-state index in [1.165, 1.54) is 12.1 Å². The number of nitrogens with zero attached hydrogens (tertiary/aromatic N) is 1. The highest BCUT2D eigenvalue weighted by atomic mass is 32.1. The number of non-ortho nitro benzene ring substituents is 1. The molecule has 2 rings (SSSR count). The third-order valence-corrected chi connectivity index (χ3v) is 2.03. The summed E-state index contributed by atoms with van der Waals surface area (Å²) in [7, 11) is 0. The Morgan fingerprint density at radius 1 is 1.57 bits per heavy atom. The maximum absolute atomic E-state index is 10.5. The maximum atomic E-state index is 10.5. The van der Waals surface area contributed by atoms with Crippen LogP contribution in [-0.4, -0.2) is 16.5 Å². The summed E-state index contributed by atoms with van der Waals surface area (Å²) in [4.78, 5) is 10.5. The molecule has 0 fully saturated rings. The highest BCUT2D eigenvalue weighted by Gasteiger charge is 2.16.